The predicted molar refractivity (Wildman–Crippen MR) is 73.1 cm³/mol. The van der Waals surface area contributed by atoms with Gasteiger partial charge in [0.15, 0.2) is 5.78 Å². The summed E-state index contributed by atoms with van der Waals surface area (Å²) in [6, 6.07) is 1.52. The Labute approximate surface area is 111 Å². The highest BCUT2D eigenvalue weighted by Gasteiger charge is 2.24. The normalized spacial score (nSPS) is 11.7. The summed E-state index contributed by atoms with van der Waals surface area (Å²) in [5.74, 6) is -0.616. The third-order valence-corrected chi connectivity index (χ3v) is 3.13. The summed E-state index contributed by atoms with van der Waals surface area (Å²) in [6.45, 7) is 8.98. The Kier molecular flexibility index (Phi) is 4.16. The molecular weight excluding hydrogens is 250 g/mol. The molecule has 0 aliphatic heterocycles. The number of carbonyl (C=O) groups excluding carboxylic acids is 2. The molecule has 0 radical (unpaired) electrons. The standard InChI is InChI=1S/C13H19NO3S/c1-7(2)10(15)9-6-8(11(14)18-9)12(16)17-13(3,4)5/h6-7H,14H2,1-5H3. The summed E-state index contributed by atoms with van der Waals surface area (Å²) < 4.78 is 5.23. The number of hydrogen-bond donors (Lipinski definition) is 1. The van der Waals surface area contributed by atoms with E-state index in [4.69, 9.17) is 10.5 Å². The molecule has 1 heterocycles. The number of rotatable bonds is 3. The van der Waals surface area contributed by atoms with E-state index in [1.807, 2.05) is 13.8 Å². The molecule has 0 saturated heterocycles. The molecule has 1 rings (SSSR count). The van der Waals surface area contributed by atoms with Crippen LogP contribution in [0.15, 0.2) is 6.07 Å². The van der Waals surface area contributed by atoms with E-state index < -0.39 is 11.6 Å². The van der Waals surface area contributed by atoms with Crippen molar-refractivity contribution in [3.63, 3.8) is 0 Å². The molecule has 5 heteroatoms. The number of nitrogens with two attached hydrogens (primary N) is 1. The van der Waals surface area contributed by atoms with E-state index in [-0.39, 0.29) is 17.3 Å². The van der Waals surface area contributed by atoms with Gasteiger partial charge in [-0.25, -0.2) is 4.79 Å². The van der Waals surface area contributed by atoms with E-state index in [2.05, 4.69) is 0 Å². The second kappa shape index (κ2) is 5.10. The summed E-state index contributed by atoms with van der Waals surface area (Å²) in [7, 11) is 0. The Hall–Kier alpha value is -1.36. The highest BCUT2D eigenvalue weighted by atomic mass is 32.1. The van der Waals surface area contributed by atoms with Gasteiger partial charge in [0, 0.05) is 5.92 Å². The largest absolute Gasteiger partial charge is 0.456 e. The number of nitrogen functional groups attached to an aromatic ring is 1. The van der Waals surface area contributed by atoms with Crippen LogP contribution in [-0.2, 0) is 4.74 Å². The Balaban J connectivity index is 2.99. The molecule has 0 saturated carbocycles. The van der Waals surface area contributed by atoms with Crippen molar-refractivity contribution in [2.75, 3.05) is 5.73 Å². The zero-order valence-corrected chi connectivity index (χ0v) is 12.2. The fourth-order valence-corrected chi connectivity index (χ4v) is 2.31. The minimum atomic E-state index is -0.576. The quantitative estimate of drug-likeness (QED) is 0.676. The molecule has 100 valence electrons. The molecule has 0 spiro atoms. The fraction of sp³-hybridized carbons (Fsp3) is 0.538. The first-order valence-electron chi connectivity index (χ1n) is 5.78. The summed E-state index contributed by atoms with van der Waals surface area (Å²) in [4.78, 5) is 24.2. The van der Waals surface area contributed by atoms with Crippen molar-refractivity contribution in [3.8, 4) is 0 Å². The maximum atomic E-state index is 11.9. The number of hydrogen-bond acceptors (Lipinski definition) is 5. The molecule has 0 aromatic carbocycles. The van der Waals surface area contributed by atoms with E-state index in [9.17, 15) is 9.59 Å². The van der Waals surface area contributed by atoms with Crippen molar-refractivity contribution in [2.24, 2.45) is 5.92 Å². The Bertz CT molecular complexity index is 469. The van der Waals surface area contributed by atoms with Crippen LogP contribution in [0.4, 0.5) is 5.00 Å². The lowest BCUT2D eigenvalue weighted by Gasteiger charge is -2.19. The maximum absolute atomic E-state index is 11.9. The Morgan fingerprint density at radius 2 is 1.89 bits per heavy atom. The minimum Gasteiger partial charge on any atom is -0.456 e. The maximum Gasteiger partial charge on any atom is 0.341 e. The van der Waals surface area contributed by atoms with Crippen molar-refractivity contribution in [3.05, 3.63) is 16.5 Å². The van der Waals surface area contributed by atoms with Gasteiger partial charge in [0.2, 0.25) is 0 Å². The fourth-order valence-electron chi connectivity index (χ4n) is 1.30. The average Bonchev–Trinajstić information content (AvgIpc) is 2.56. The van der Waals surface area contributed by atoms with Crippen LogP contribution in [0.25, 0.3) is 0 Å². The lowest BCUT2D eigenvalue weighted by Crippen LogP contribution is -2.24. The molecule has 0 amide bonds. The van der Waals surface area contributed by atoms with Gasteiger partial charge in [-0.3, -0.25) is 4.79 Å². The van der Waals surface area contributed by atoms with Crippen LogP contribution < -0.4 is 5.73 Å². The van der Waals surface area contributed by atoms with Gasteiger partial charge in [0.25, 0.3) is 0 Å². The van der Waals surface area contributed by atoms with Crippen LogP contribution in [0, 0.1) is 5.92 Å². The Morgan fingerprint density at radius 1 is 1.33 bits per heavy atom. The van der Waals surface area contributed by atoms with Crippen LogP contribution in [0.3, 0.4) is 0 Å². The molecular formula is C13H19NO3S. The Morgan fingerprint density at radius 3 is 2.33 bits per heavy atom. The molecule has 0 atom stereocenters. The minimum absolute atomic E-state index is 0.0125. The average molecular weight is 269 g/mol. The SMILES string of the molecule is CC(C)C(=O)c1cc(C(=O)OC(C)(C)C)c(N)s1. The van der Waals surface area contributed by atoms with Gasteiger partial charge in [-0.05, 0) is 26.8 Å². The van der Waals surface area contributed by atoms with Gasteiger partial charge in [0.05, 0.1) is 10.4 Å². The van der Waals surface area contributed by atoms with Gasteiger partial charge in [-0.1, -0.05) is 13.8 Å². The molecule has 18 heavy (non-hydrogen) atoms. The van der Waals surface area contributed by atoms with E-state index in [0.29, 0.717) is 9.88 Å². The molecule has 0 aliphatic rings. The summed E-state index contributed by atoms with van der Waals surface area (Å²) in [5, 5.41) is 0.327. The van der Waals surface area contributed by atoms with Crippen molar-refractivity contribution in [1.82, 2.24) is 0 Å². The number of ketones is 1. The second-order valence-corrected chi connectivity index (χ2v) is 6.49. The van der Waals surface area contributed by atoms with Crippen molar-refractivity contribution in [1.29, 1.82) is 0 Å². The molecule has 2 N–H and O–H groups in total. The highest BCUT2D eigenvalue weighted by Crippen LogP contribution is 2.28. The molecule has 1 aromatic rings. The number of ether oxygens (including phenoxy) is 1. The summed E-state index contributed by atoms with van der Waals surface area (Å²) >= 11 is 1.13. The number of esters is 1. The predicted octanol–water partition coefficient (Wildman–Crippen LogP) is 3.12. The first-order chi connectivity index (χ1) is 8.11. The van der Waals surface area contributed by atoms with Gasteiger partial charge in [0.1, 0.15) is 10.6 Å². The first-order valence-corrected chi connectivity index (χ1v) is 6.60. The number of anilines is 1. The smallest absolute Gasteiger partial charge is 0.341 e. The van der Waals surface area contributed by atoms with Crippen LogP contribution in [0.2, 0.25) is 0 Å². The molecule has 0 bridgehead atoms. The third kappa shape index (κ3) is 3.57. The van der Waals surface area contributed by atoms with Crippen molar-refractivity contribution >= 4 is 28.1 Å². The molecule has 0 unspecified atom stereocenters. The monoisotopic (exact) mass is 269 g/mol. The summed E-state index contributed by atoms with van der Waals surface area (Å²) in [5.41, 5.74) is 5.47. The van der Waals surface area contributed by atoms with Gasteiger partial charge in [-0.15, -0.1) is 11.3 Å². The van der Waals surface area contributed by atoms with E-state index in [0.717, 1.165) is 11.3 Å². The lowest BCUT2D eigenvalue weighted by atomic mass is 10.1. The second-order valence-electron chi connectivity index (χ2n) is 5.41. The van der Waals surface area contributed by atoms with E-state index in [1.165, 1.54) is 6.07 Å². The van der Waals surface area contributed by atoms with Crippen molar-refractivity contribution < 1.29 is 14.3 Å². The lowest BCUT2D eigenvalue weighted by molar-refractivity contribution is 0.00713. The van der Waals surface area contributed by atoms with E-state index in [1.54, 1.807) is 20.8 Å². The molecule has 0 fully saturated rings. The molecule has 1 aromatic heterocycles. The highest BCUT2D eigenvalue weighted by molar-refractivity contribution is 7.18. The number of carbonyl (C=O) groups is 2. The van der Waals surface area contributed by atoms with Crippen LogP contribution in [0.5, 0.6) is 0 Å². The van der Waals surface area contributed by atoms with E-state index >= 15 is 0 Å². The zero-order valence-electron chi connectivity index (χ0n) is 11.4. The topological polar surface area (TPSA) is 69.4 Å². The summed E-state index contributed by atoms with van der Waals surface area (Å²) in [6.07, 6.45) is 0. The van der Waals surface area contributed by atoms with Gasteiger partial charge < -0.3 is 10.5 Å². The van der Waals surface area contributed by atoms with Crippen LogP contribution in [-0.4, -0.2) is 17.4 Å². The van der Waals surface area contributed by atoms with Crippen molar-refractivity contribution in [2.45, 2.75) is 40.2 Å². The molecule has 0 aliphatic carbocycles. The van der Waals surface area contributed by atoms with Crippen LogP contribution in [0.1, 0.15) is 54.6 Å². The first kappa shape index (κ1) is 14.7. The van der Waals surface area contributed by atoms with Crippen LogP contribution >= 0.6 is 11.3 Å². The van der Waals surface area contributed by atoms with Gasteiger partial charge in [-0.2, -0.15) is 0 Å². The van der Waals surface area contributed by atoms with Gasteiger partial charge >= 0.3 is 5.97 Å². The number of Topliss-reactive ketones (excluding diaryl/α,β-unsaturated/α-hetero) is 1. The number of thiophene rings is 1. The zero-order chi connectivity index (χ0) is 14.1. The molecule has 4 nitrogen and oxygen atoms in total. The third-order valence-electron chi connectivity index (χ3n) is 2.15.